The molecule has 0 saturated heterocycles. The second kappa shape index (κ2) is 15.3. The predicted molar refractivity (Wildman–Crippen MR) is 180 cm³/mol. The van der Waals surface area contributed by atoms with E-state index in [-0.39, 0.29) is 35.5 Å². The molecule has 1 aliphatic rings. The molecule has 5 rings (SSSR count). The van der Waals surface area contributed by atoms with Gasteiger partial charge in [0.2, 0.25) is 11.8 Å². The molecular formula is C36H38ClN3O5S. The number of methoxy groups -OCH3 is 1. The minimum atomic E-state index is -4.23. The summed E-state index contributed by atoms with van der Waals surface area (Å²) in [5, 5.41) is 3.61. The Morgan fingerprint density at radius 3 is 2.02 bits per heavy atom. The van der Waals surface area contributed by atoms with Gasteiger partial charge in [-0.3, -0.25) is 13.9 Å². The number of benzene rings is 4. The molecule has 4 aromatic rings. The van der Waals surface area contributed by atoms with Crippen LogP contribution >= 0.6 is 11.6 Å². The molecule has 0 bridgehead atoms. The van der Waals surface area contributed by atoms with Crippen LogP contribution in [0.3, 0.4) is 0 Å². The third kappa shape index (κ3) is 8.27. The molecule has 240 valence electrons. The lowest BCUT2D eigenvalue weighted by molar-refractivity contribution is -0.140. The molecule has 0 aliphatic heterocycles. The first-order chi connectivity index (χ1) is 22.2. The van der Waals surface area contributed by atoms with Crippen LogP contribution in [0, 0.1) is 0 Å². The molecule has 1 N–H and O–H groups in total. The van der Waals surface area contributed by atoms with E-state index >= 15 is 0 Å². The van der Waals surface area contributed by atoms with E-state index in [0.29, 0.717) is 10.8 Å². The summed E-state index contributed by atoms with van der Waals surface area (Å²) in [6, 6.07) is 30.4. The fraction of sp³-hybridized carbons (Fsp3) is 0.278. The van der Waals surface area contributed by atoms with Gasteiger partial charge in [-0.2, -0.15) is 0 Å². The van der Waals surface area contributed by atoms with Gasteiger partial charge in [0.1, 0.15) is 18.3 Å². The fourth-order valence-corrected chi connectivity index (χ4v) is 7.25. The zero-order chi connectivity index (χ0) is 32.5. The summed E-state index contributed by atoms with van der Waals surface area (Å²) in [6.07, 6.45) is 4.13. The number of nitrogens with one attached hydrogen (secondary N) is 1. The number of ether oxygens (including phenoxy) is 1. The van der Waals surface area contributed by atoms with Crippen LogP contribution in [-0.2, 0) is 32.6 Å². The highest BCUT2D eigenvalue weighted by molar-refractivity contribution is 7.92. The summed E-state index contributed by atoms with van der Waals surface area (Å²) in [5.41, 5.74) is 1.97. The smallest absolute Gasteiger partial charge is 0.264 e. The number of hydrogen-bond acceptors (Lipinski definition) is 5. The SMILES string of the molecule is COc1ccc(S(=O)(=O)N(CC(=O)N(Cc2ccccc2)C(Cc2ccccc2)C(=O)NC2CCCC2)c2ccc(Cl)cc2)cc1. The van der Waals surface area contributed by atoms with E-state index in [1.165, 1.54) is 24.1 Å². The van der Waals surface area contributed by atoms with Crippen LogP contribution in [0.2, 0.25) is 5.02 Å². The Hall–Kier alpha value is -4.34. The largest absolute Gasteiger partial charge is 0.497 e. The number of nitrogens with zero attached hydrogens (tertiary/aromatic N) is 2. The van der Waals surface area contributed by atoms with Gasteiger partial charge in [-0.1, -0.05) is 85.1 Å². The average Bonchev–Trinajstić information content (AvgIpc) is 3.59. The number of hydrogen-bond donors (Lipinski definition) is 1. The van der Waals surface area contributed by atoms with Gasteiger partial charge in [-0.25, -0.2) is 8.42 Å². The molecule has 1 aliphatic carbocycles. The van der Waals surface area contributed by atoms with Crippen LogP contribution in [0.4, 0.5) is 5.69 Å². The molecule has 0 heterocycles. The second-order valence-electron chi connectivity index (χ2n) is 11.4. The van der Waals surface area contributed by atoms with Gasteiger partial charge in [0.25, 0.3) is 10.0 Å². The number of carbonyl (C=O) groups is 2. The molecule has 1 atom stereocenters. The highest BCUT2D eigenvalue weighted by atomic mass is 35.5. The molecule has 1 unspecified atom stereocenters. The van der Waals surface area contributed by atoms with E-state index in [1.807, 2.05) is 60.7 Å². The van der Waals surface area contributed by atoms with Crippen molar-refractivity contribution in [2.45, 2.75) is 55.6 Å². The summed E-state index contributed by atoms with van der Waals surface area (Å²) in [4.78, 5) is 30.1. The second-order valence-corrected chi connectivity index (χ2v) is 13.7. The number of sulfonamides is 1. The summed E-state index contributed by atoms with van der Waals surface area (Å²) in [7, 11) is -2.73. The molecule has 4 aromatic carbocycles. The topological polar surface area (TPSA) is 96.0 Å². The third-order valence-corrected chi connectivity index (χ3v) is 10.2. The summed E-state index contributed by atoms with van der Waals surface area (Å²) >= 11 is 6.15. The normalized spacial score (nSPS) is 14.0. The maximum Gasteiger partial charge on any atom is 0.264 e. The van der Waals surface area contributed by atoms with Gasteiger partial charge < -0.3 is 15.0 Å². The first-order valence-corrected chi connectivity index (χ1v) is 17.2. The summed E-state index contributed by atoms with van der Waals surface area (Å²) in [5.74, 6) is -0.270. The number of amides is 2. The number of carbonyl (C=O) groups excluding carboxylic acids is 2. The quantitative estimate of drug-likeness (QED) is 0.183. The fourth-order valence-electron chi connectivity index (χ4n) is 5.71. The van der Waals surface area contributed by atoms with Crippen molar-refractivity contribution in [1.29, 1.82) is 0 Å². The van der Waals surface area contributed by atoms with Gasteiger partial charge in [0.15, 0.2) is 0 Å². The van der Waals surface area contributed by atoms with Crippen molar-refractivity contribution in [2.75, 3.05) is 18.0 Å². The molecule has 1 fully saturated rings. The lowest BCUT2D eigenvalue weighted by Gasteiger charge is -2.34. The molecule has 2 amide bonds. The van der Waals surface area contributed by atoms with Gasteiger partial charge in [0, 0.05) is 24.0 Å². The van der Waals surface area contributed by atoms with Crippen molar-refractivity contribution >= 4 is 39.1 Å². The molecule has 0 aromatic heterocycles. The lowest BCUT2D eigenvalue weighted by Crippen LogP contribution is -2.54. The van der Waals surface area contributed by atoms with Gasteiger partial charge in [0.05, 0.1) is 17.7 Å². The van der Waals surface area contributed by atoms with E-state index in [2.05, 4.69) is 5.32 Å². The van der Waals surface area contributed by atoms with Crippen LogP contribution in [0.15, 0.2) is 114 Å². The van der Waals surface area contributed by atoms with Crippen molar-refractivity contribution in [3.05, 3.63) is 125 Å². The Labute approximate surface area is 276 Å². The first-order valence-electron chi connectivity index (χ1n) is 15.3. The number of halogens is 1. The van der Waals surface area contributed by atoms with E-state index in [4.69, 9.17) is 16.3 Å². The molecule has 0 radical (unpaired) electrons. The molecule has 10 heteroatoms. The predicted octanol–water partition coefficient (Wildman–Crippen LogP) is 6.24. The van der Waals surface area contributed by atoms with E-state index in [0.717, 1.165) is 41.1 Å². The van der Waals surface area contributed by atoms with Gasteiger partial charge in [-0.15, -0.1) is 0 Å². The Bertz CT molecular complexity index is 1700. The van der Waals surface area contributed by atoms with Crippen LogP contribution in [0.1, 0.15) is 36.8 Å². The maximum absolute atomic E-state index is 14.5. The molecule has 1 saturated carbocycles. The maximum atomic E-state index is 14.5. The first kappa shape index (κ1) is 33.0. The molecule has 46 heavy (non-hydrogen) atoms. The lowest BCUT2D eigenvalue weighted by atomic mass is 10.0. The Morgan fingerprint density at radius 2 is 1.43 bits per heavy atom. The highest BCUT2D eigenvalue weighted by Crippen LogP contribution is 2.28. The third-order valence-electron chi connectivity index (χ3n) is 8.21. The Balaban J connectivity index is 1.54. The van der Waals surface area contributed by atoms with Crippen LogP contribution in [0.5, 0.6) is 5.75 Å². The van der Waals surface area contributed by atoms with E-state index in [1.54, 1.807) is 36.4 Å². The zero-order valence-corrected chi connectivity index (χ0v) is 27.3. The van der Waals surface area contributed by atoms with E-state index < -0.39 is 28.5 Å². The van der Waals surface area contributed by atoms with Crippen LogP contribution in [-0.4, -0.2) is 50.9 Å². The minimum absolute atomic E-state index is 0.00882. The Kier molecular flexibility index (Phi) is 11.0. The Morgan fingerprint density at radius 1 is 0.848 bits per heavy atom. The minimum Gasteiger partial charge on any atom is -0.497 e. The van der Waals surface area contributed by atoms with Crippen molar-refractivity contribution in [2.24, 2.45) is 0 Å². The van der Waals surface area contributed by atoms with E-state index in [9.17, 15) is 18.0 Å². The molecule has 8 nitrogen and oxygen atoms in total. The van der Waals surface area contributed by atoms with Gasteiger partial charge in [-0.05, 0) is 72.5 Å². The summed E-state index contributed by atoms with van der Waals surface area (Å²) in [6.45, 7) is -0.420. The average molecular weight is 660 g/mol. The van der Waals surface area contributed by atoms with Crippen LogP contribution in [0.25, 0.3) is 0 Å². The van der Waals surface area contributed by atoms with Crippen molar-refractivity contribution in [1.82, 2.24) is 10.2 Å². The van der Waals surface area contributed by atoms with Gasteiger partial charge >= 0.3 is 0 Å². The molecule has 0 spiro atoms. The number of anilines is 1. The molecular weight excluding hydrogens is 622 g/mol. The van der Waals surface area contributed by atoms with Crippen LogP contribution < -0.4 is 14.4 Å². The standard InChI is InChI=1S/C36H38ClN3O5S/c1-45-32-20-22-33(23-21-32)46(43,44)40(31-18-16-29(37)17-19-31)26-35(41)39(25-28-12-6-3-7-13-28)34(24-27-10-4-2-5-11-27)36(42)38-30-14-8-9-15-30/h2-7,10-13,16-23,30,34H,8-9,14-15,24-26H2,1H3,(H,38,42). The van der Waals surface area contributed by atoms with Crippen molar-refractivity contribution < 1.29 is 22.7 Å². The monoisotopic (exact) mass is 659 g/mol. The zero-order valence-electron chi connectivity index (χ0n) is 25.7. The van der Waals surface area contributed by atoms with Crippen molar-refractivity contribution in [3.63, 3.8) is 0 Å². The van der Waals surface area contributed by atoms with Crippen molar-refractivity contribution in [3.8, 4) is 5.75 Å². The highest BCUT2D eigenvalue weighted by Gasteiger charge is 2.35. The number of rotatable bonds is 13. The summed E-state index contributed by atoms with van der Waals surface area (Å²) < 4.78 is 34.6.